The lowest BCUT2D eigenvalue weighted by Gasteiger charge is -2.08. The van der Waals surface area contributed by atoms with Crippen molar-refractivity contribution in [3.05, 3.63) is 78.4 Å². The van der Waals surface area contributed by atoms with Gasteiger partial charge in [0.15, 0.2) is 0 Å². The molecule has 0 unspecified atom stereocenters. The number of amides is 1. The van der Waals surface area contributed by atoms with E-state index in [4.69, 9.17) is 33.0 Å². The van der Waals surface area contributed by atoms with Gasteiger partial charge in [0, 0.05) is 11.1 Å². The number of aromatic amines is 2. The molecule has 2 aromatic carbocycles. The molecule has 0 radical (unpaired) electrons. The molecule has 0 atom stereocenters. The number of ether oxygens (including phenoxy) is 1. The number of carbonyl (C=O) groups excluding carboxylic acids is 1. The van der Waals surface area contributed by atoms with Crippen LogP contribution in [0.5, 0.6) is 0 Å². The summed E-state index contributed by atoms with van der Waals surface area (Å²) in [7, 11) is 0. The highest BCUT2D eigenvalue weighted by Crippen LogP contribution is 2.31. The average molecular weight is 519 g/mol. The summed E-state index contributed by atoms with van der Waals surface area (Å²) in [5.74, 6) is -1.52. The molecule has 178 valence electrons. The number of nitrogens with zero attached hydrogens (tertiary/aromatic N) is 3. The van der Waals surface area contributed by atoms with Gasteiger partial charge in [-0.05, 0) is 24.3 Å². The van der Waals surface area contributed by atoms with E-state index in [1.165, 1.54) is 30.5 Å². The lowest BCUT2D eigenvalue weighted by Crippen LogP contribution is -2.19. The topological polar surface area (TPSA) is 193 Å². The van der Waals surface area contributed by atoms with Gasteiger partial charge in [-0.2, -0.15) is 0 Å². The molecule has 1 amide bonds. The van der Waals surface area contributed by atoms with Crippen LogP contribution in [-0.4, -0.2) is 42.0 Å². The molecule has 4 aromatic rings. The minimum absolute atomic E-state index is 0.00368. The lowest BCUT2D eigenvalue weighted by atomic mass is 10.1. The lowest BCUT2D eigenvalue weighted by molar-refractivity contribution is -0.384. The van der Waals surface area contributed by atoms with Crippen LogP contribution in [-0.2, 0) is 11.3 Å². The summed E-state index contributed by atoms with van der Waals surface area (Å²) in [4.78, 5) is 58.9. The highest BCUT2D eigenvalue weighted by atomic mass is 35.5. The van der Waals surface area contributed by atoms with Crippen LogP contribution in [0.25, 0.3) is 22.4 Å². The number of H-pyrrole nitrogens is 2. The molecule has 0 aliphatic carbocycles. The third-order valence-corrected chi connectivity index (χ3v) is 5.17. The number of nitro groups is 1. The maximum Gasteiger partial charge on any atom is 0.412 e. The van der Waals surface area contributed by atoms with Gasteiger partial charge in [-0.1, -0.05) is 23.2 Å². The van der Waals surface area contributed by atoms with Crippen molar-refractivity contribution < 1.29 is 24.4 Å². The predicted molar refractivity (Wildman–Crippen MR) is 124 cm³/mol. The molecule has 0 bridgehead atoms. The predicted octanol–water partition coefficient (Wildman–Crippen LogP) is 3.98. The third kappa shape index (κ3) is 5.05. The molecule has 0 fully saturated rings. The van der Waals surface area contributed by atoms with Gasteiger partial charge in [-0.15, -0.1) is 0 Å². The second-order valence-electron chi connectivity index (χ2n) is 6.95. The molecular formula is C20H12Cl2N6O7. The van der Waals surface area contributed by atoms with E-state index in [2.05, 4.69) is 25.3 Å². The van der Waals surface area contributed by atoms with Crippen molar-refractivity contribution in [1.82, 2.24) is 19.9 Å². The van der Waals surface area contributed by atoms with Gasteiger partial charge in [0.1, 0.15) is 12.4 Å². The van der Waals surface area contributed by atoms with Crippen LogP contribution in [0.4, 0.5) is 16.2 Å². The third-order valence-electron chi connectivity index (χ3n) is 4.62. The van der Waals surface area contributed by atoms with E-state index in [1.807, 2.05) is 0 Å². The van der Waals surface area contributed by atoms with E-state index in [-0.39, 0.29) is 39.7 Å². The molecule has 35 heavy (non-hydrogen) atoms. The first-order valence-electron chi connectivity index (χ1n) is 9.51. The summed E-state index contributed by atoms with van der Waals surface area (Å²) < 4.78 is 5.11. The summed E-state index contributed by atoms with van der Waals surface area (Å²) in [6.45, 7) is -0.264. The Morgan fingerprint density at radius 1 is 1.20 bits per heavy atom. The molecule has 0 saturated carbocycles. The number of rotatable bonds is 6. The van der Waals surface area contributed by atoms with Crippen molar-refractivity contribution in [2.45, 2.75) is 6.61 Å². The number of carbonyl (C=O) groups is 2. The first kappa shape index (κ1) is 23.7. The van der Waals surface area contributed by atoms with Crippen LogP contribution < -0.4 is 10.9 Å². The van der Waals surface area contributed by atoms with Crippen LogP contribution in [0.2, 0.25) is 10.0 Å². The number of hydrogen-bond donors (Lipinski definition) is 4. The molecule has 0 aliphatic heterocycles. The number of imidazole rings is 1. The first-order chi connectivity index (χ1) is 16.6. The number of benzene rings is 2. The molecule has 2 aromatic heterocycles. The molecule has 0 saturated heterocycles. The van der Waals surface area contributed by atoms with E-state index in [0.717, 1.165) is 6.07 Å². The van der Waals surface area contributed by atoms with Crippen molar-refractivity contribution in [2.24, 2.45) is 0 Å². The summed E-state index contributed by atoms with van der Waals surface area (Å²) in [6.07, 6.45) is 0.478. The van der Waals surface area contributed by atoms with Crippen LogP contribution >= 0.6 is 23.2 Å². The maximum absolute atomic E-state index is 12.1. The van der Waals surface area contributed by atoms with E-state index in [9.17, 15) is 24.5 Å². The number of carboxylic acid groups (broad SMARTS) is 1. The largest absolute Gasteiger partial charge is 0.476 e. The number of hydrogen-bond acceptors (Lipinski definition) is 8. The van der Waals surface area contributed by atoms with Crippen molar-refractivity contribution in [3.8, 4) is 11.4 Å². The van der Waals surface area contributed by atoms with Crippen LogP contribution in [0, 0.1) is 10.1 Å². The van der Waals surface area contributed by atoms with Gasteiger partial charge >= 0.3 is 12.1 Å². The minimum Gasteiger partial charge on any atom is -0.476 e. The Balaban J connectivity index is 1.58. The fraction of sp³-hybridized carbons (Fsp3) is 0.0500. The minimum atomic E-state index is -1.55. The molecular weight excluding hydrogens is 507 g/mol. The number of nitrogens with one attached hydrogen (secondary N) is 3. The Labute approximate surface area is 203 Å². The second-order valence-corrected chi connectivity index (χ2v) is 7.79. The number of anilines is 1. The van der Waals surface area contributed by atoms with Crippen molar-refractivity contribution in [2.75, 3.05) is 5.32 Å². The average Bonchev–Trinajstić information content (AvgIpc) is 3.27. The molecule has 15 heteroatoms. The zero-order valence-electron chi connectivity index (χ0n) is 17.2. The Morgan fingerprint density at radius 3 is 2.66 bits per heavy atom. The van der Waals surface area contributed by atoms with Gasteiger partial charge in [-0.25, -0.2) is 19.6 Å². The number of aromatic nitrogens is 4. The standard InChI is InChI=1S/C20H12Cl2N6O7/c21-8-1-2-12(11(22)3-8)27-20(32)35-7-9-6-23-17(24-9)10-4-13-14(5-15(10)28(33)34)26-18(29)16(25-13)19(30)31/h1-6H,7H2,(H,23,24)(H,26,29)(H,27,32)(H,30,31). The second kappa shape index (κ2) is 9.40. The molecule has 0 aliphatic rings. The van der Waals surface area contributed by atoms with Crippen LogP contribution in [0.3, 0.4) is 0 Å². The summed E-state index contributed by atoms with van der Waals surface area (Å²) in [6, 6.07) is 6.74. The molecule has 2 heterocycles. The molecule has 4 N–H and O–H groups in total. The molecule has 0 spiro atoms. The Morgan fingerprint density at radius 2 is 1.97 bits per heavy atom. The number of nitro benzene ring substituents is 1. The SMILES string of the molecule is O=C(Nc1ccc(Cl)cc1Cl)OCc1cnc(-c2cc3nc(C(=O)O)c(=O)[nH]c3cc2[N+](=O)[O-])[nH]1. The zero-order chi connectivity index (χ0) is 25.3. The van der Waals surface area contributed by atoms with Crippen LogP contribution in [0.15, 0.2) is 41.3 Å². The Kier molecular flexibility index (Phi) is 6.36. The number of carboxylic acids is 1. The molecule has 13 nitrogen and oxygen atoms in total. The number of fused-ring (bicyclic) bond motifs is 1. The summed E-state index contributed by atoms with van der Waals surface area (Å²) in [5, 5.41) is 23.8. The Hall–Kier alpha value is -4.49. The van der Waals surface area contributed by atoms with E-state index in [0.29, 0.717) is 10.7 Å². The normalized spacial score (nSPS) is 10.8. The van der Waals surface area contributed by atoms with E-state index < -0.39 is 33.9 Å². The van der Waals surface area contributed by atoms with E-state index >= 15 is 0 Å². The summed E-state index contributed by atoms with van der Waals surface area (Å²) >= 11 is 11.8. The van der Waals surface area contributed by atoms with Crippen molar-refractivity contribution in [1.29, 1.82) is 0 Å². The van der Waals surface area contributed by atoms with Gasteiger partial charge in [-0.3, -0.25) is 20.2 Å². The molecule has 4 rings (SSSR count). The fourth-order valence-electron chi connectivity index (χ4n) is 3.06. The maximum atomic E-state index is 12.1. The monoisotopic (exact) mass is 518 g/mol. The Bertz CT molecular complexity index is 1570. The highest BCUT2D eigenvalue weighted by Gasteiger charge is 2.22. The fourth-order valence-corrected chi connectivity index (χ4v) is 3.51. The first-order valence-corrected chi connectivity index (χ1v) is 10.3. The quantitative estimate of drug-likeness (QED) is 0.215. The van der Waals surface area contributed by atoms with Gasteiger partial charge in [0.05, 0.1) is 44.1 Å². The van der Waals surface area contributed by atoms with Crippen LogP contribution in [0.1, 0.15) is 16.2 Å². The smallest absolute Gasteiger partial charge is 0.412 e. The van der Waals surface area contributed by atoms with Crippen molar-refractivity contribution in [3.63, 3.8) is 0 Å². The zero-order valence-corrected chi connectivity index (χ0v) is 18.7. The van der Waals surface area contributed by atoms with Crippen molar-refractivity contribution >= 4 is 57.7 Å². The summed E-state index contributed by atoms with van der Waals surface area (Å²) in [5.41, 5.74) is -1.66. The van der Waals surface area contributed by atoms with Gasteiger partial charge < -0.3 is 19.8 Å². The number of aromatic carboxylic acids is 1. The van der Waals surface area contributed by atoms with E-state index in [1.54, 1.807) is 0 Å². The van der Waals surface area contributed by atoms with Gasteiger partial charge in [0.25, 0.3) is 11.2 Å². The number of halogens is 2. The van der Waals surface area contributed by atoms with Gasteiger partial charge in [0.2, 0.25) is 5.69 Å². The highest BCUT2D eigenvalue weighted by molar-refractivity contribution is 6.36.